The lowest BCUT2D eigenvalue weighted by molar-refractivity contribution is -0.121. The van der Waals surface area contributed by atoms with E-state index in [-0.39, 0.29) is 5.91 Å². The van der Waals surface area contributed by atoms with E-state index in [2.05, 4.69) is 26.3 Å². The highest BCUT2D eigenvalue weighted by atomic mass is 79.9. The molecule has 0 bridgehead atoms. The van der Waals surface area contributed by atoms with Crippen molar-refractivity contribution in [2.24, 2.45) is 10.8 Å². The fourth-order valence-corrected chi connectivity index (χ4v) is 1.73. The zero-order valence-electron chi connectivity index (χ0n) is 7.20. The monoisotopic (exact) mass is 253 g/mol. The second-order valence-corrected chi connectivity index (χ2v) is 3.87. The van der Waals surface area contributed by atoms with Crippen molar-refractivity contribution in [3.8, 4) is 0 Å². The van der Waals surface area contributed by atoms with Gasteiger partial charge >= 0.3 is 0 Å². The molecule has 72 valence electrons. The maximum Gasteiger partial charge on any atom is 0.262 e. The number of nitrogens with zero attached hydrogens (tertiary/aromatic N) is 1. The Bertz CT molecular complexity index is 497. The second-order valence-electron chi connectivity index (χ2n) is 2.95. The summed E-state index contributed by atoms with van der Waals surface area (Å²) in [6.45, 7) is 0. The quantitative estimate of drug-likeness (QED) is 0.392. The highest BCUT2D eigenvalue weighted by molar-refractivity contribution is 9.10. The predicted molar refractivity (Wildman–Crippen MR) is 55.5 cm³/mol. The lowest BCUT2D eigenvalue weighted by Crippen LogP contribution is -2.36. The Morgan fingerprint density at radius 1 is 1.57 bits per heavy atom. The second kappa shape index (κ2) is 3.51. The van der Waals surface area contributed by atoms with Gasteiger partial charge in [0.25, 0.3) is 5.91 Å². The van der Waals surface area contributed by atoms with Crippen molar-refractivity contribution < 1.29 is 4.79 Å². The van der Waals surface area contributed by atoms with E-state index in [0.717, 1.165) is 15.0 Å². The molecule has 0 saturated heterocycles. The van der Waals surface area contributed by atoms with Crippen LogP contribution < -0.4 is 21.8 Å². The Balaban J connectivity index is 2.48. The summed E-state index contributed by atoms with van der Waals surface area (Å²) < 4.78 is 0.969. The number of nitrogens with two attached hydrogens (primary N) is 1. The molecule has 14 heavy (non-hydrogen) atoms. The van der Waals surface area contributed by atoms with Gasteiger partial charge in [-0.2, -0.15) is 0 Å². The molecule has 1 amide bonds. The topological polar surface area (TPSA) is 67.5 Å². The number of hydrogen-bond donors (Lipinski definition) is 2. The van der Waals surface area contributed by atoms with Crippen LogP contribution in [-0.2, 0) is 4.79 Å². The third-order valence-electron chi connectivity index (χ3n) is 2.02. The first-order valence-corrected chi connectivity index (χ1v) is 4.86. The van der Waals surface area contributed by atoms with Crippen LogP contribution in [0.3, 0.4) is 0 Å². The smallest absolute Gasteiger partial charge is 0.262 e. The molecule has 0 saturated carbocycles. The number of carbonyl (C=O) groups is 1. The number of nitrogens with one attached hydrogen (secondary N) is 1. The van der Waals surface area contributed by atoms with Crippen molar-refractivity contribution in [1.82, 2.24) is 5.43 Å². The van der Waals surface area contributed by atoms with Crippen molar-refractivity contribution in [2.75, 3.05) is 0 Å². The molecule has 4 nitrogen and oxygen atoms in total. The molecule has 1 aliphatic heterocycles. The molecule has 1 heterocycles. The Morgan fingerprint density at radius 3 is 3.07 bits per heavy atom. The van der Waals surface area contributed by atoms with Crippen LogP contribution in [0.4, 0.5) is 0 Å². The van der Waals surface area contributed by atoms with Gasteiger partial charge in [-0.15, -0.1) is 0 Å². The first-order chi connectivity index (χ1) is 6.70. The summed E-state index contributed by atoms with van der Waals surface area (Å²) in [5.74, 6) is 4.73. The van der Waals surface area contributed by atoms with Crippen molar-refractivity contribution in [1.29, 1.82) is 0 Å². The van der Waals surface area contributed by atoms with Gasteiger partial charge in [-0.3, -0.25) is 15.2 Å². The fraction of sp³-hybridized carbons (Fsp3) is 0.111. The molecule has 0 fully saturated rings. The molecule has 1 aliphatic rings. The number of fused-ring (bicyclic) bond motifs is 1. The SMILES string of the molecule is NNC(=O)[C@@H]1C=c2cc(Br)ccc2=N1. The maximum absolute atomic E-state index is 11.2. The summed E-state index contributed by atoms with van der Waals surface area (Å²) in [4.78, 5) is 15.4. The van der Waals surface area contributed by atoms with E-state index in [1.165, 1.54) is 0 Å². The molecular weight excluding hydrogens is 246 g/mol. The number of rotatable bonds is 1. The minimum Gasteiger partial charge on any atom is -0.292 e. The van der Waals surface area contributed by atoms with Gasteiger partial charge in [0.05, 0.1) is 5.36 Å². The van der Waals surface area contributed by atoms with Gasteiger partial charge in [-0.05, 0) is 29.5 Å². The number of amides is 1. The van der Waals surface area contributed by atoms with Gasteiger partial charge in [0.15, 0.2) is 0 Å². The number of halogens is 1. The van der Waals surface area contributed by atoms with Gasteiger partial charge in [-0.1, -0.05) is 15.9 Å². The van der Waals surface area contributed by atoms with Crippen LogP contribution in [0.5, 0.6) is 0 Å². The van der Waals surface area contributed by atoms with E-state index in [4.69, 9.17) is 5.84 Å². The van der Waals surface area contributed by atoms with E-state index in [0.29, 0.717) is 0 Å². The number of benzene rings is 1. The lowest BCUT2D eigenvalue weighted by atomic mass is 10.2. The molecule has 0 unspecified atom stereocenters. The fourth-order valence-electron chi connectivity index (χ4n) is 1.35. The summed E-state index contributed by atoms with van der Waals surface area (Å²) in [5.41, 5.74) is 2.08. The van der Waals surface area contributed by atoms with Crippen LogP contribution >= 0.6 is 15.9 Å². The van der Waals surface area contributed by atoms with Gasteiger partial charge in [-0.25, -0.2) is 5.84 Å². The van der Waals surface area contributed by atoms with E-state index in [9.17, 15) is 4.79 Å². The molecule has 5 heteroatoms. The van der Waals surface area contributed by atoms with E-state index in [1.54, 1.807) is 6.08 Å². The summed E-state index contributed by atoms with van der Waals surface area (Å²) in [6, 6.07) is 5.17. The third-order valence-corrected chi connectivity index (χ3v) is 2.51. The van der Waals surface area contributed by atoms with Crippen LogP contribution in [0.2, 0.25) is 0 Å². The summed E-state index contributed by atoms with van der Waals surface area (Å²) in [6.07, 6.45) is 1.78. The molecule has 3 N–H and O–H groups in total. The van der Waals surface area contributed by atoms with E-state index >= 15 is 0 Å². The predicted octanol–water partition coefficient (Wildman–Crippen LogP) is -0.779. The normalized spacial score (nSPS) is 18.0. The molecule has 1 aromatic rings. The summed E-state index contributed by atoms with van der Waals surface area (Å²) >= 11 is 3.35. The van der Waals surface area contributed by atoms with E-state index < -0.39 is 6.04 Å². The van der Waals surface area contributed by atoms with Gasteiger partial charge in [0.2, 0.25) is 0 Å². The van der Waals surface area contributed by atoms with E-state index in [1.807, 2.05) is 18.2 Å². The van der Waals surface area contributed by atoms with Crippen molar-refractivity contribution in [3.63, 3.8) is 0 Å². The van der Waals surface area contributed by atoms with Gasteiger partial charge in [0, 0.05) is 4.47 Å². The Hall–Kier alpha value is -1.20. The average molecular weight is 254 g/mol. The van der Waals surface area contributed by atoms with Crippen LogP contribution in [0.15, 0.2) is 27.7 Å². The molecule has 1 atom stereocenters. The molecule has 1 aromatic carbocycles. The van der Waals surface area contributed by atoms with Gasteiger partial charge in [0.1, 0.15) is 6.04 Å². The van der Waals surface area contributed by atoms with Crippen molar-refractivity contribution in [2.45, 2.75) is 6.04 Å². The number of hydrazine groups is 1. The van der Waals surface area contributed by atoms with Gasteiger partial charge < -0.3 is 0 Å². The Labute approximate surface area is 88.6 Å². The Morgan fingerprint density at radius 2 is 2.36 bits per heavy atom. The van der Waals surface area contributed by atoms with Crippen LogP contribution in [0.1, 0.15) is 0 Å². The summed E-state index contributed by atoms with van der Waals surface area (Å²) in [5, 5.41) is 1.77. The van der Waals surface area contributed by atoms with Crippen LogP contribution in [-0.4, -0.2) is 11.9 Å². The van der Waals surface area contributed by atoms with Crippen LogP contribution in [0.25, 0.3) is 6.08 Å². The van der Waals surface area contributed by atoms with Crippen molar-refractivity contribution >= 4 is 27.9 Å². The molecule has 0 aromatic heterocycles. The highest BCUT2D eigenvalue weighted by Crippen LogP contribution is 2.04. The minimum atomic E-state index is -0.496. The molecule has 2 rings (SSSR count). The molecule has 0 spiro atoms. The largest absolute Gasteiger partial charge is 0.292 e. The minimum absolute atomic E-state index is 0.294. The standard InChI is InChI=1S/C9H8BrN3O/c10-6-1-2-7-5(3-6)4-8(12-7)9(14)13-11/h1-4,8H,11H2,(H,13,14)/t8-/m0/s1. The van der Waals surface area contributed by atoms with Crippen LogP contribution in [0, 0.1) is 0 Å². The molecule has 0 aliphatic carbocycles. The zero-order chi connectivity index (χ0) is 10.1. The first kappa shape index (κ1) is 9.36. The van der Waals surface area contributed by atoms with Crippen molar-refractivity contribution in [3.05, 3.63) is 33.2 Å². The molecule has 0 radical (unpaired) electrons. The lowest BCUT2D eigenvalue weighted by Gasteiger charge is -2.00. The number of carbonyl (C=O) groups excluding carboxylic acids is 1. The Kier molecular flexibility index (Phi) is 2.35. The highest BCUT2D eigenvalue weighted by Gasteiger charge is 2.16. The average Bonchev–Trinajstić information content (AvgIpc) is 2.59. The maximum atomic E-state index is 11.2. The first-order valence-electron chi connectivity index (χ1n) is 4.06. The summed E-state index contributed by atoms with van der Waals surface area (Å²) in [7, 11) is 0. The zero-order valence-corrected chi connectivity index (χ0v) is 8.78. The molecular formula is C9H8BrN3O. The third kappa shape index (κ3) is 1.56. The number of hydrogen-bond acceptors (Lipinski definition) is 3.